The number of Topliss-reactive ketones (excluding diaryl/α,β-unsaturated/α-hetero) is 1. The number of aryl methyl sites for hydroxylation is 1. The summed E-state index contributed by atoms with van der Waals surface area (Å²) >= 11 is 0.900. The van der Waals surface area contributed by atoms with Crippen molar-refractivity contribution < 1.29 is 38.8 Å². The van der Waals surface area contributed by atoms with Crippen molar-refractivity contribution in [2.45, 2.75) is 19.9 Å². The SMILES string of the molecule is CCOC(=O)c1sc(N2C(=O)C(=O)/C(=C(/O)c3cccc(OC)c3)C2c2ccc(O)c(OC)c2)nc1C. The van der Waals surface area contributed by atoms with Crippen molar-refractivity contribution in [1.29, 1.82) is 0 Å². The van der Waals surface area contributed by atoms with E-state index in [1.54, 1.807) is 32.0 Å². The number of ether oxygens (including phenoxy) is 3. The average molecular weight is 525 g/mol. The maximum absolute atomic E-state index is 13.4. The smallest absolute Gasteiger partial charge is 0.350 e. The quantitative estimate of drug-likeness (QED) is 0.204. The topological polar surface area (TPSA) is 135 Å². The number of aliphatic hydroxyl groups excluding tert-OH is 1. The van der Waals surface area contributed by atoms with Crippen molar-refractivity contribution in [2.75, 3.05) is 25.7 Å². The summed E-state index contributed by atoms with van der Waals surface area (Å²) in [4.78, 5) is 44.8. The van der Waals surface area contributed by atoms with Crippen LogP contribution in [-0.2, 0) is 14.3 Å². The molecule has 1 aliphatic heterocycles. The number of aromatic nitrogens is 1. The van der Waals surface area contributed by atoms with E-state index in [9.17, 15) is 24.6 Å². The summed E-state index contributed by atoms with van der Waals surface area (Å²) in [5, 5.41) is 21.5. The van der Waals surface area contributed by atoms with Gasteiger partial charge in [-0.15, -0.1) is 0 Å². The molecule has 1 aromatic heterocycles. The third kappa shape index (κ3) is 4.60. The molecule has 0 spiro atoms. The van der Waals surface area contributed by atoms with Gasteiger partial charge in [-0.3, -0.25) is 14.5 Å². The molecule has 0 aliphatic carbocycles. The molecule has 1 saturated heterocycles. The lowest BCUT2D eigenvalue weighted by Gasteiger charge is -2.23. The number of aliphatic hydroxyl groups is 1. The van der Waals surface area contributed by atoms with E-state index in [1.807, 2.05) is 0 Å². The minimum absolute atomic E-state index is 0.0735. The molecule has 10 nitrogen and oxygen atoms in total. The molecule has 11 heteroatoms. The van der Waals surface area contributed by atoms with E-state index >= 15 is 0 Å². The number of methoxy groups -OCH3 is 2. The number of anilines is 1. The molecule has 4 rings (SSSR count). The molecule has 192 valence electrons. The molecule has 0 bridgehead atoms. The van der Waals surface area contributed by atoms with Crippen molar-refractivity contribution in [3.8, 4) is 17.2 Å². The highest BCUT2D eigenvalue weighted by Crippen LogP contribution is 2.45. The summed E-state index contributed by atoms with van der Waals surface area (Å²) in [6.45, 7) is 3.42. The predicted molar refractivity (Wildman–Crippen MR) is 135 cm³/mol. The van der Waals surface area contributed by atoms with Gasteiger partial charge in [0.25, 0.3) is 5.78 Å². The Kier molecular flexibility index (Phi) is 7.16. The molecule has 1 atom stereocenters. The molecule has 1 fully saturated rings. The lowest BCUT2D eigenvalue weighted by Crippen LogP contribution is -2.29. The Morgan fingerprint density at radius 3 is 2.57 bits per heavy atom. The predicted octanol–water partition coefficient (Wildman–Crippen LogP) is 3.98. The van der Waals surface area contributed by atoms with Gasteiger partial charge >= 0.3 is 11.9 Å². The number of carbonyl (C=O) groups excluding carboxylic acids is 3. The monoisotopic (exact) mass is 524 g/mol. The van der Waals surface area contributed by atoms with E-state index in [0.29, 0.717) is 17.0 Å². The second-order valence-electron chi connectivity index (χ2n) is 7.96. The third-order valence-corrected chi connectivity index (χ3v) is 6.90. The maximum Gasteiger partial charge on any atom is 0.350 e. The van der Waals surface area contributed by atoms with E-state index in [-0.39, 0.29) is 39.3 Å². The Hall–Kier alpha value is -4.38. The number of phenols is 1. The molecule has 0 radical (unpaired) electrons. The highest BCUT2D eigenvalue weighted by atomic mass is 32.1. The van der Waals surface area contributed by atoms with Crippen molar-refractivity contribution in [3.05, 3.63) is 69.7 Å². The summed E-state index contributed by atoms with van der Waals surface area (Å²) in [5.41, 5.74) is 0.756. The van der Waals surface area contributed by atoms with Crippen LogP contribution in [0.2, 0.25) is 0 Å². The molecule has 2 heterocycles. The van der Waals surface area contributed by atoms with Gasteiger partial charge in [-0.1, -0.05) is 29.5 Å². The number of benzene rings is 2. The molecule has 2 N–H and O–H groups in total. The largest absolute Gasteiger partial charge is 0.507 e. The highest BCUT2D eigenvalue weighted by Gasteiger charge is 2.48. The van der Waals surface area contributed by atoms with Crippen LogP contribution in [0.5, 0.6) is 17.2 Å². The van der Waals surface area contributed by atoms with Gasteiger partial charge in [0.1, 0.15) is 16.4 Å². The number of amides is 1. The number of ketones is 1. The zero-order valence-corrected chi connectivity index (χ0v) is 21.3. The Labute approximate surface area is 216 Å². The molecule has 1 aliphatic rings. The number of hydrogen-bond acceptors (Lipinski definition) is 10. The normalized spacial score (nSPS) is 16.6. The minimum atomic E-state index is -1.14. The Morgan fingerprint density at radius 1 is 1.14 bits per heavy atom. The van der Waals surface area contributed by atoms with E-state index in [2.05, 4.69) is 4.98 Å². The highest BCUT2D eigenvalue weighted by molar-refractivity contribution is 7.17. The molecule has 37 heavy (non-hydrogen) atoms. The summed E-state index contributed by atoms with van der Waals surface area (Å²) in [6.07, 6.45) is 0. The van der Waals surface area contributed by atoms with Gasteiger partial charge in [-0.2, -0.15) is 0 Å². The van der Waals surface area contributed by atoms with Crippen LogP contribution in [0.3, 0.4) is 0 Å². The summed E-state index contributed by atoms with van der Waals surface area (Å²) in [5.74, 6) is -2.50. The van der Waals surface area contributed by atoms with Crippen molar-refractivity contribution >= 4 is 39.9 Å². The third-order valence-electron chi connectivity index (χ3n) is 5.76. The maximum atomic E-state index is 13.4. The van der Waals surface area contributed by atoms with Crippen molar-refractivity contribution in [1.82, 2.24) is 4.98 Å². The van der Waals surface area contributed by atoms with E-state index < -0.39 is 29.5 Å². The van der Waals surface area contributed by atoms with Gasteiger partial charge in [-0.25, -0.2) is 9.78 Å². The fourth-order valence-electron chi connectivity index (χ4n) is 4.01. The molecule has 1 amide bonds. The number of phenolic OH excluding ortho intramolecular Hbond substituents is 1. The number of aromatic hydroxyl groups is 1. The van der Waals surface area contributed by atoms with Gasteiger partial charge in [0.2, 0.25) is 0 Å². The van der Waals surface area contributed by atoms with Crippen molar-refractivity contribution in [3.63, 3.8) is 0 Å². The molecule has 3 aromatic rings. The molecular weight excluding hydrogens is 500 g/mol. The summed E-state index contributed by atoms with van der Waals surface area (Å²) in [7, 11) is 2.83. The van der Waals surface area contributed by atoms with Gasteiger partial charge < -0.3 is 24.4 Å². The number of thiazole rings is 1. The second-order valence-corrected chi connectivity index (χ2v) is 8.94. The van der Waals surface area contributed by atoms with E-state index in [1.165, 1.54) is 38.5 Å². The van der Waals surface area contributed by atoms with Gasteiger partial charge in [0, 0.05) is 5.56 Å². The zero-order valence-electron chi connectivity index (χ0n) is 20.5. The Balaban J connectivity index is 1.95. The number of carbonyl (C=O) groups is 3. The van der Waals surface area contributed by atoms with Crippen LogP contribution < -0.4 is 14.4 Å². The first-order valence-electron chi connectivity index (χ1n) is 11.2. The lowest BCUT2D eigenvalue weighted by atomic mass is 9.95. The van der Waals surface area contributed by atoms with Gasteiger partial charge in [0.05, 0.1) is 38.1 Å². The standard InChI is InChI=1S/C26H24N2O8S/c1-5-36-25(33)23-13(2)27-26(37-23)28-20(14-9-10-17(29)18(12-14)35-4)19(22(31)24(28)32)21(30)15-7-6-8-16(11-15)34-3/h6-12,20,29-30H,5H2,1-4H3/b21-19+. The van der Waals surface area contributed by atoms with Crippen LogP contribution in [-0.4, -0.2) is 53.7 Å². The molecule has 0 saturated carbocycles. The fraction of sp³-hybridized carbons (Fsp3) is 0.231. The van der Waals surface area contributed by atoms with Crippen LogP contribution in [0.15, 0.2) is 48.0 Å². The van der Waals surface area contributed by atoms with Crippen LogP contribution in [0, 0.1) is 6.92 Å². The molecule has 2 aromatic carbocycles. The Bertz CT molecular complexity index is 1430. The summed E-state index contributed by atoms with van der Waals surface area (Å²) in [6, 6.07) is 9.61. The van der Waals surface area contributed by atoms with Gasteiger partial charge in [0.15, 0.2) is 16.6 Å². The van der Waals surface area contributed by atoms with Crippen LogP contribution in [0.25, 0.3) is 5.76 Å². The fourth-order valence-corrected chi connectivity index (χ4v) is 4.99. The number of esters is 1. The first-order valence-corrected chi connectivity index (χ1v) is 12.0. The first kappa shape index (κ1) is 25.7. The lowest BCUT2D eigenvalue weighted by molar-refractivity contribution is -0.132. The second kappa shape index (κ2) is 10.3. The number of hydrogen-bond donors (Lipinski definition) is 2. The zero-order chi connectivity index (χ0) is 26.9. The van der Waals surface area contributed by atoms with E-state index in [4.69, 9.17) is 14.2 Å². The van der Waals surface area contributed by atoms with Crippen LogP contribution >= 0.6 is 11.3 Å². The van der Waals surface area contributed by atoms with Gasteiger partial charge in [-0.05, 0) is 43.7 Å². The molecular formula is C26H24N2O8S. The van der Waals surface area contributed by atoms with Crippen LogP contribution in [0.1, 0.15) is 39.5 Å². The minimum Gasteiger partial charge on any atom is -0.507 e. The first-order chi connectivity index (χ1) is 17.7. The molecule has 1 unspecified atom stereocenters. The Morgan fingerprint density at radius 2 is 1.89 bits per heavy atom. The van der Waals surface area contributed by atoms with Crippen molar-refractivity contribution in [2.24, 2.45) is 0 Å². The number of nitrogens with zero attached hydrogens (tertiary/aromatic N) is 2. The van der Waals surface area contributed by atoms with Crippen LogP contribution in [0.4, 0.5) is 5.13 Å². The number of rotatable bonds is 7. The van der Waals surface area contributed by atoms with E-state index in [0.717, 1.165) is 16.2 Å². The summed E-state index contributed by atoms with van der Waals surface area (Å²) < 4.78 is 15.5. The average Bonchev–Trinajstić information content (AvgIpc) is 3.40.